The second kappa shape index (κ2) is 7.38. The fraction of sp³-hybridized carbons (Fsp3) is 0.350. The highest BCUT2D eigenvalue weighted by atomic mass is 16.5. The number of methoxy groups -OCH3 is 1. The molecule has 3 aromatic heterocycles. The Morgan fingerprint density at radius 3 is 2.79 bits per heavy atom. The lowest BCUT2D eigenvalue weighted by molar-refractivity contribution is 0.285. The summed E-state index contributed by atoms with van der Waals surface area (Å²) in [6, 6.07) is 5.38. The Balaban J connectivity index is 1.48. The van der Waals surface area contributed by atoms with E-state index in [1.54, 1.807) is 33.5 Å². The number of nitrogens with zero attached hydrogens (tertiary/aromatic N) is 5. The Labute approximate surface area is 162 Å². The minimum Gasteiger partial charge on any atom is -0.495 e. The van der Waals surface area contributed by atoms with Crippen LogP contribution in [0.2, 0.25) is 0 Å². The molecular weight excluding hydrogens is 358 g/mol. The van der Waals surface area contributed by atoms with E-state index in [1.165, 1.54) is 17.0 Å². The molecule has 1 aliphatic rings. The third-order valence-electron chi connectivity index (χ3n) is 4.86. The number of aromatic nitrogens is 5. The first-order chi connectivity index (χ1) is 13.5. The van der Waals surface area contributed by atoms with Gasteiger partial charge in [-0.15, -0.1) is 0 Å². The predicted molar refractivity (Wildman–Crippen MR) is 102 cm³/mol. The second-order valence-electron chi connectivity index (χ2n) is 6.90. The zero-order valence-corrected chi connectivity index (χ0v) is 16.0. The van der Waals surface area contributed by atoms with Crippen molar-refractivity contribution < 1.29 is 9.47 Å². The molecule has 0 unspecified atom stereocenters. The van der Waals surface area contributed by atoms with E-state index < -0.39 is 0 Å². The van der Waals surface area contributed by atoms with Gasteiger partial charge in [0.1, 0.15) is 11.6 Å². The van der Waals surface area contributed by atoms with Gasteiger partial charge in [0.2, 0.25) is 5.88 Å². The van der Waals surface area contributed by atoms with Gasteiger partial charge in [0.15, 0.2) is 0 Å². The van der Waals surface area contributed by atoms with E-state index >= 15 is 0 Å². The predicted octanol–water partition coefficient (Wildman–Crippen LogP) is 2.13. The highest BCUT2D eigenvalue weighted by molar-refractivity contribution is 5.63. The van der Waals surface area contributed by atoms with Crippen LogP contribution < -0.4 is 15.0 Å². The Bertz CT molecular complexity index is 1050. The summed E-state index contributed by atoms with van der Waals surface area (Å²) < 4.78 is 12.6. The SMILES string of the molecule is COc1ccc([C@H]2C[C@@H]2COc2nc(C)ncc2-c2cc(=O)n(C)cn2)nc1. The van der Waals surface area contributed by atoms with Gasteiger partial charge in [0.05, 0.1) is 37.5 Å². The van der Waals surface area contributed by atoms with Gasteiger partial charge in [-0.1, -0.05) is 0 Å². The van der Waals surface area contributed by atoms with E-state index in [2.05, 4.69) is 19.9 Å². The molecule has 0 aromatic carbocycles. The van der Waals surface area contributed by atoms with Crippen molar-refractivity contribution in [3.63, 3.8) is 0 Å². The molecule has 1 fully saturated rings. The minimum atomic E-state index is -0.149. The fourth-order valence-corrected chi connectivity index (χ4v) is 3.06. The summed E-state index contributed by atoms with van der Waals surface area (Å²) in [5.41, 5.74) is 2.01. The van der Waals surface area contributed by atoms with Gasteiger partial charge >= 0.3 is 0 Å². The molecular formula is C20H21N5O3. The molecule has 0 bridgehead atoms. The van der Waals surface area contributed by atoms with Crippen LogP contribution in [-0.4, -0.2) is 38.2 Å². The molecule has 3 aromatic rings. The lowest BCUT2D eigenvalue weighted by atomic mass is 10.2. The lowest BCUT2D eigenvalue weighted by Crippen LogP contribution is -2.16. The van der Waals surface area contributed by atoms with E-state index in [1.807, 2.05) is 12.1 Å². The van der Waals surface area contributed by atoms with E-state index in [4.69, 9.17) is 9.47 Å². The molecule has 0 amide bonds. The van der Waals surface area contributed by atoms with Crippen molar-refractivity contribution in [2.45, 2.75) is 19.3 Å². The van der Waals surface area contributed by atoms with Crippen molar-refractivity contribution in [3.05, 3.63) is 58.8 Å². The third-order valence-corrected chi connectivity index (χ3v) is 4.86. The summed E-state index contributed by atoms with van der Waals surface area (Å²) in [4.78, 5) is 29.3. The van der Waals surface area contributed by atoms with Crippen molar-refractivity contribution in [2.24, 2.45) is 13.0 Å². The topological polar surface area (TPSA) is 92.0 Å². The molecule has 2 atom stereocenters. The van der Waals surface area contributed by atoms with Gasteiger partial charge in [0, 0.05) is 36.8 Å². The monoisotopic (exact) mass is 379 g/mol. The van der Waals surface area contributed by atoms with Gasteiger partial charge in [-0.2, -0.15) is 4.98 Å². The molecule has 1 aliphatic carbocycles. The molecule has 0 aliphatic heterocycles. The van der Waals surface area contributed by atoms with Gasteiger partial charge in [0.25, 0.3) is 5.56 Å². The number of rotatable bonds is 6. The van der Waals surface area contributed by atoms with E-state index in [0.717, 1.165) is 17.9 Å². The molecule has 0 radical (unpaired) electrons. The number of hydrogen-bond donors (Lipinski definition) is 0. The summed E-state index contributed by atoms with van der Waals surface area (Å²) >= 11 is 0. The highest BCUT2D eigenvalue weighted by Crippen LogP contribution is 2.47. The van der Waals surface area contributed by atoms with Crippen LogP contribution in [0.3, 0.4) is 0 Å². The Kier molecular flexibility index (Phi) is 4.77. The van der Waals surface area contributed by atoms with Crippen molar-refractivity contribution >= 4 is 0 Å². The number of aryl methyl sites for hydroxylation is 2. The minimum absolute atomic E-state index is 0.149. The standard InChI is InChI=1S/C20H21N5O3/c1-12-21-9-16(18-7-19(26)25(2)11-23-18)20(24-12)28-10-13-6-15(13)17-5-4-14(27-3)8-22-17/h4-5,7-9,11,13,15H,6,10H2,1-3H3/t13-,15+/m1/s1. The molecule has 4 rings (SSSR count). The molecule has 3 heterocycles. The van der Waals surface area contributed by atoms with Crippen molar-refractivity contribution in [2.75, 3.05) is 13.7 Å². The van der Waals surface area contributed by atoms with Crippen LogP contribution in [-0.2, 0) is 7.05 Å². The molecule has 0 spiro atoms. The molecule has 28 heavy (non-hydrogen) atoms. The summed E-state index contributed by atoms with van der Waals surface area (Å²) in [6.45, 7) is 2.32. The van der Waals surface area contributed by atoms with Crippen LogP contribution in [0, 0.1) is 12.8 Å². The molecule has 8 heteroatoms. The fourth-order valence-electron chi connectivity index (χ4n) is 3.06. The maximum absolute atomic E-state index is 11.9. The summed E-state index contributed by atoms with van der Waals surface area (Å²) in [7, 11) is 3.28. The zero-order chi connectivity index (χ0) is 19.7. The van der Waals surface area contributed by atoms with Crippen LogP contribution >= 0.6 is 0 Å². The second-order valence-corrected chi connectivity index (χ2v) is 6.90. The average Bonchev–Trinajstić information content (AvgIpc) is 3.48. The summed E-state index contributed by atoms with van der Waals surface area (Å²) in [5, 5.41) is 0. The maximum atomic E-state index is 11.9. The van der Waals surface area contributed by atoms with Crippen LogP contribution in [0.4, 0.5) is 0 Å². The molecule has 8 nitrogen and oxygen atoms in total. The Morgan fingerprint density at radius 2 is 2.07 bits per heavy atom. The maximum Gasteiger partial charge on any atom is 0.253 e. The Morgan fingerprint density at radius 1 is 1.21 bits per heavy atom. The first kappa shape index (κ1) is 18.1. The van der Waals surface area contributed by atoms with E-state index in [-0.39, 0.29) is 5.56 Å². The van der Waals surface area contributed by atoms with Crippen LogP contribution in [0.5, 0.6) is 11.6 Å². The van der Waals surface area contributed by atoms with Crippen molar-refractivity contribution in [1.29, 1.82) is 0 Å². The van der Waals surface area contributed by atoms with Gasteiger partial charge < -0.3 is 14.0 Å². The largest absolute Gasteiger partial charge is 0.495 e. The van der Waals surface area contributed by atoms with E-state index in [9.17, 15) is 4.79 Å². The van der Waals surface area contributed by atoms with Crippen molar-refractivity contribution in [3.8, 4) is 22.9 Å². The van der Waals surface area contributed by atoms with Gasteiger partial charge in [-0.25, -0.2) is 9.97 Å². The quantitative estimate of drug-likeness (QED) is 0.648. The lowest BCUT2D eigenvalue weighted by Gasteiger charge is -2.10. The van der Waals surface area contributed by atoms with Crippen LogP contribution in [0.15, 0.2) is 41.7 Å². The normalized spacial score (nSPS) is 18.0. The summed E-state index contributed by atoms with van der Waals surface area (Å²) in [5.74, 6) is 2.55. The van der Waals surface area contributed by atoms with Gasteiger partial charge in [-0.05, 0) is 25.5 Å². The van der Waals surface area contributed by atoms with Gasteiger partial charge in [-0.3, -0.25) is 9.78 Å². The smallest absolute Gasteiger partial charge is 0.253 e. The number of hydrogen-bond acceptors (Lipinski definition) is 7. The van der Waals surface area contributed by atoms with Crippen LogP contribution in [0.25, 0.3) is 11.3 Å². The molecule has 0 saturated heterocycles. The molecule has 144 valence electrons. The first-order valence-corrected chi connectivity index (χ1v) is 9.04. The zero-order valence-electron chi connectivity index (χ0n) is 16.0. The first-order valence-electron chi connectivity index (χ1n) is 9.04. The number of pyridine rings is 1. The summed E-state index contributed by atoms with van der Waals surface area (Å²) in [6.07, 6.45) is 5.88. The van der Waals surface area contributed by atoms with E-state index in [0.29, 0.717) is 41.4 Å². The highest BCUT2D eigenvalue weighted by Gasteiger charge is 2.40. The average molecular weight is 379 g/mol. The van der Waals surface area contributed by atoms with Crippen molar-refractivity contribution in [1.82, 2.24) is 24.5 Å². The molecule has 1 saturated carbocycles. The number of ether oxygens (including phenoxy) is 2. The third kappa shape index (κ3) is 3.71. The Hall–Kier alpha value is -3.29. The van der Waals surface area contributed by atoms with Crippen LogP contribution in [0.1, 0.15) is 23.9 Å². The molecule has 0 N–H and O–H groups in total.